The molecule has 0 aliphatic heterocycles. The molecule has 0 radical (unpaired) electrons. The normalized spacial score (nSPS) is 12.5. The van der Waals surface area contributed by atoms with Crippen molar-refractivity contribution in [1.82, 2.24) is 15.1 Å². The van der Waals surface area contributed by atoms with Crippen molar-refractivity contribution in [2.75, 3.05) is 5.88 Å². The highest BCUT2D eigenvalue weighted by Crippen LogP contribution is 2.01. The van der Waals surface area contributed by atoms with Gasteiger partial charge in [-0.1, -0.05) is 0 Å². The van der Waals surface area contributed by atoms with Crippen LogP contribution < -0.4 is 5.32 Å². The van der Waals surface area contributed by atoms with Crippen LogP contribution in [0, 0.1) is 0 Å². The molecule has 0 aromatic carbocycles. The lowest BCUT2D eigenvalue weighted by Gasteiger charge is -2.12. The summed E-state index contributed by atoms with van der Waals surface area (Å²) in [5, 5.41) is 6.83. The van der Waals surface area contributed by atoms with Crippen LogP contribution in [-0.4, -0.2) is 27.6 Å². The minimum absolute atomic E-state index is 0.00965. The van der Waals surface area contributed by atoms with E-state index in [0.29, 0.717) is 0 Å². The van der Waals surface area contributed by atoms with E-state index < -0.39 is 0 Å². The average Bonchev–Trinajstić information content (AvgIpc) is 2.51. The first-order valence-electron chi connectivity index (χ1n) is 4.45. The molecular weight excluding hydrogens is 202 g/mol. The molecule has 1 heterocycles. The Labute approximate surface area is 88.2 Å². The van der Waals surface area contributed by atoms with Gasteiger partial charge in [0.15, 0.2) is 0 Å². The van der Waals surface area contributed by atoms with E-state index in [2.05, 4.69) is 10.4 Å². The monoisotopic (exact) mass is 215 g/mol. The summed E-state index contributed by atoms with van der Waals surface area (Å²) in [6, 6.07) is 2.01. The van der Waals surface area contributed by atoms with E-state index in [1.54, 1.807) is 10.9 Å². The molecule has 1 N–H and O–H groups in total. The van der Waals surface area contributed by atoms with Crippen molar-refractivity contribution in [2.45, 2.75) is 19.4 Å². The fourth-order valence-electron chi connectivity index (χ4n) is 1.28. The highest BCUT2D eigenvalue weighted by Gasteiger charge is 2.08. The van der Waals surface area contributed by atoms with Crippen LogP contribution in [0.5, 0.6) is 0 Å². The van der Waals surface area contributed by atoms with Gasteiger partial charge in [0.25, 0.3) is 0 Å². The van der Waals surface area contributed by atoms with Crippen LogP contribution in [0.4, 0.5) is 0 Å². The molecule has 1 aromatic heterocycles. The van der Waals surface area contributed by atoms with Crippen LogP contribution in [0.25, 0.3) is 0 Å². The second-order valence-electron chi connectivity index (χ2n) is 3.25. The molecular formula is C9H14ClN3O. The first kappa shape index (κ1) is 11.0. The van der Waals surface area contributed by atoms with Gasteiger partial charge in [-0.05, 0) is 13.0 Å². The number of aryl methyl sites for hydroxylation is 1. The summed E-state index contributed by atoms with van der Waals surface area (Å²) in [4.78, 5) is 11.0. The molecule has 0 aliphatic carbocycles. The summed E-state index contributed by atoms with van der Waals surface area (Å²) < 4.78 is 1.79. The lowest BCUT2D eigenvalue weighted by Crippen LogP contribution is -2.35. The molecule has 0 unspecified atom stereocenters. The van der Waals surface area contributed by atoms with Crippen LogP contribution in [-0.2, 0) is 18.3 Å². The minimum Gasteiger partial charge on any atom is -0.352 e. The summed E-state index contributed by atoms with van der Waals surface area (Å²) in [5.41, 5.74) is 1.09. The highest BCUT2D eigenvalue weighted by atomic mass is 35.5. The van der Waals surface area contributed by atoms with Crippen LogP contribution in [0.1, 0.15) is 12.6 Å². The molecule has 0 fully saturated rings. The van der Waals surface area contributed by atoms with Crippen molar-refractivity contribution >= 4 is 17.5 Å². The number of halogens is 1. The Kier molecular flexibility index (Phi) is 3.95. The van der Waals surface area contributed by atoms with E-state index in [-0.39, 0.29) is 17.8 Å². The SMILES string of the molecule is C[C@H](Cc1ccnn1C)NC(=O)CCl. The van der Waals surface area contributed by atoms with Gasteiger partial charge in [-0.3, -0.25) is 9.48 Å². The molecule has 4 nitrogen and oxygen atoms in total. The van der Waals surface area contributed by atoms with Crippen molar-refractivity contribution in [3.8, 4) is 0 Å². The smallest absolute Gasteiger partial charge is 0.235 e. The number of carbonyl (C=O) groups is 1. The quantitative estimate of drug-likeness (QED) is 0.752. The average molecular weight is 216 g/mol. The fraction of sp³-hybridized carbons (Fsp3) is 0.556. The Balaban J connectivity index is 2.45. The number of carbonyl (C=O) groups excluding carboxylic acids is 1. The highest BCUT2D eigenvalue weighted by molar-refractivity contribution is 6.27. The van der Waals surface area contributed by atoms with E-state index in [0.717, 1.165) is 12.1 Å². The van der Waals surface area contributed by atoms with Gasteiger partial charge >= 0.3 is 0 Å². The number of amides is 1. The fourth-order valence-corrected chi connectivity index (χ4v) is 1.36. The zero-order valence-electron chi connectivity index (χ0n) is 8.33. The lowest BCUT2D eigenvalue weighted by molar-refractivity contribution is -0.119. The predicted octanol–water partition coefficient (Wildman–Crippen LogP) is 0.706. The molecule has 5 heteroatoms. The van der Waals surface area contributed by atoms with Crippen LogP contribution in [0.2, 0.25) is 0 Å². The number of nitrogens with one attached hydrogen (secondary N) is 1. The maximum absolute atomic E-state index is 11.0. The summed E-state index contributed by atoms with van der Waals surface area (Å²) >= 11 is 5.38. The van der Waals surface area contributed by atoms with Crippen molar-refractivity contribution in [2.24, 2.45) is 7.05 Å². The Morgan fingerprint density at radius 2 is 2.50 bits per heavy atom. The Morgan fingerprint density at radius 3 is 3.00 bits per heavy atom. The molecule has 0 saturated carbocycles. The van der Waals surface area contributed by atoms with Gasteiger partial charge < -0.3 is 5.32 Å². The van der Waals surface area contributed by atoms with Crippen molar-refractivity contribution in [3.63, 3.8) is 0 Å². The van der Waals surface area contributed by atoms with Gasteiger partial charge in [0.05, 0.1) is 0 Å². The first-order chi connectivity index (χ1) is 6.63. The van der Waals surface area contributed by atoms with Crippen molar-refractivity contribution in [3.05, 3.63) is 18.0 Å². The standard InChI is InChI=1S/C9H14ClN3O/c1-7(12-9(14)6-10)5-8-3-4-11-13(8)2/h3-4,7H,5-6H2,1-2H3,(H,12,14)/t7-/m1/s1. The van der Waals surface area contributed by atoms with Gasteiger partial charge in [0, 0.05) is 31.4 Å². The molecule has 0 aliphatic rings. The third-order valence-corrected chi connectivity index (χ3v) is 2.21. The molecule has 0 bridgehead atoms. The zero-order chi connectivity index (χ0) is 10.6. The van der Waals surface area contributed by atoms with E-state index in [1.165, 1.54) is 0 Å². The molecule has 14 heavy (non-hydrogen) atoms. The topological polar surface area (TPSA) is 46.9 Å². The molecule has 1 rings (SSSR count). The second kappa shape index (κ2) is 5.00. The van der Waals surface area contributed by atoms with Crippen molar-refractivity contribution < 1.29 is 4.79 Å². The summed E-state index contributed by atoms with van der Waals surface area (Å²) in [6.07, 6.45) is 2.50. The minimum atomic E-state index is -0.138. The Bertz CT molecular complexity index is 311. The molecule has 0 spiro atoms. The largest absolute Gasteiger partial charge is 0.352 e. The molecule has 1 amide bonds. The van der Waals surface area contributed by atoms with Gasteiger partial charge in [-0.2, -0.15) is 5.10 Å². The number of rotatable bonds is 4. The number of hydrogen-bond acceptors (Lipinski definition) is 2. The maximum atomic E-state index is 11.0. The molecule has 0 saturated heterocycles. The van der Waals surface area contributed by atoms with E-state index in [9.17, 15) is 4.79 Å². The van der Waals surface area contributed by atoms with Gasteiger partial charge in [-0.15, -0.1) is 11.6 Å². The number of aromatic nitrogens is 2. The first-order valence-corrected chi connectivity index (χ1v) is 4.99. The van der Waals surface area contributed by atoms with Gasteiger partial charge in [0.2, 0.25) is 5.91 Å². The van der Waals surface area contributed by atoms with Crippen molar-refractivity contribution in [1.29, 1.82) is 0 Å². The molecule has 1 aromatic rings. The molecule has 1 atom stereocenters. The van der Waals surface area contributed by atoms with E-state index >= 15 is 0 Å². The summed E-state index contributed by atoms with van der Waals surface area (Å²) in [5.74, 6) is -0.128. The lowest BCUT2D eigenvalue weighted by atomic mass is 10.2. The van der Waals surface area contributed by atoms with Gasteiger partial charge in [-0.25, -0.2) is 0 Å². The van der Waals surface area contributed by atoms with Gasteiger partial charge in [0.1, 0.15) is 5.88 Å². The third kappa shape index (κ3) is 3.03. The van der Waals surface area contributed by atoms with Crippen LogP contribution in [0.3, 0.4) is 0 Å². The second-order valence-corrected chi connectivity index (χ2v) is 3.52. The Morgan fingerprint density at radius 1 is 1.79 bits per heavy atom. The zero-order valence-corrected chi connectivity index (χ0v) is 9.08. The third-order valence-electron chi connectivity index (χ3n) is 1.97. The van der Waals surface area contributed by atoms with Crippen LogP contribution >= 0.6 is 11.6 Å². The summed E-state index contributed by atoms with van der Waals surface area (Å²) in [7, 11) is 1.88. The summed E-state index contributed by atoms with van der Waals surface area (Å²) in [6.45, 7) is 1.94. The van der Waals surface area contributed by atoms with E-state index in [4.69, 9.17) is 11.6 Å². The molecule has 78 valence electrons. The number of hydrogen-bond donors (Lipinski definition) is 1. The van der Waals surface area contributed by atoms with E-state index in [1.807, 2.05) is 20.0 Å². The number of nitrogens with zero attached hydrogens (tertiary/aromatic N) is 2. The van der Waals surface area contributed by atoms with Crippen LogP contribution in [0.15, 0.2) is 12.3 Å². The Hall–Kier alpha value is -1.03. The predicted molar refractivity (Wildman–Crippen MR) is 55.2 cm³/mol. The maximum Gasteiger partial charge on any atom is 0.235 e. The number of alkyl halides is 1.